The fourth-order valence-electron chi connectivity index (χ4n) is 2.15. The predicted molar refractivity (Wildman–Crippen MR) is 99.2 cm³/mol. The molecule has 3 rings (SSSR count). The Morgan fingerprint density at radius 1 is 1.40 bits per heavy atom. The number of thioether (sulfide) groups is 1. The van der Waals surface area contributed by atoms with Crippen LogP contribution < -0.4 is 10.1 Å². The molecular weight excluding hydrogens is 356 g/mol. The Labute approximate surface area is 152 Å². The molecule has 1 amide bonds. The van der Waals surface area contributed by atoms with Gasteiger partial charge in [0, 0.05) is 10.8 Å². The van der Waals surface area contributed by atoms with Gasteiger partial charge in [-0.25, -0.2) is 9.97 Å². The molecule has 2 heterocycles. The molecule has 2 aromatic heterocycles. The molecule has 0 aliphatic rings. The van der Waals surface area contributed by atoms with E-state index in [4.69, 9.17) is 4.74 Å². The second-order valence-corrected chi connectivity index (χ2v) is 6.96. The van der Waals surface area contributed by atoms with E-state index >= 15 is 0 Å². The van der Waals surface area contributed by atoms with Crippen molar-refractivity contribution in [3.8, 4) is 11.8 Å². The lowest BCUT2D eigenvalue weighted by Crippen LogP contribution is -2.14. The normalized spacial score (nSPS) is 10.4. The number of methoxy groups -OCH3 is 1. The van der Waals surface area contributed by atoms with Crippen LogP contribution >= 0.6 is 23.1 Å². The van der Waals surface area contributed by atoms with E-state index in [0.29, 0.717) is 21.5 Å². The van der Waals surface area contributed by atoms with E-state index in [2.05, 4.69) is 21.4 Å². The maximum Gasteiger partial charge on any atom is 0.236 e. The zero-order chi connectivity index (χ0) is 17.8. The first kappa shape index (κ1) is 17.2. The summed E-state index contributed by atoms with van der Waals surface area (Å²) in [5, 5.41) is 15.9. The van der Waals surface area contributed by atoms with Crippen molar-refractivity contribution < 1.29 is 9.53 Å². The largest absolute Gasteiger partial charge is 0.497 e. The minimum absolute atomic E-state index is 0.155. The molecule has 1 aromatic carbocycles. The zero-order valence-electron chi connectivity index (χ0n) is 13.6. The first-order valence-electron chi connectivity index (χ1n) is 7.32. The number of nitrogens with one attached hydrogen (secondary N) is 1. The molecule has 0 fully saturated rings. The number of aryl methyl sites for hydroxylation is 1. The van der Waals surface area contributed by atoms with Gasteiger partial charge >= 0.3 is 0 Å². The van der Waals surface area contributed by atoms with Gasteiger partial charge in [0.2, 0.25) is 5.91 Å². The predicted octanol–water partition coefficient (Wildman–Crippen LogP) is 3.61. The number of anilines is 1. The molecule has 25 heavy (non-hydrogen) atoms. The van der Waals surface area contributed by atoms with Crippen LogP contribution in [-0.4, -0.2) is 28.7 Å². The minimum Gasteiger partial charge on any atom is -0.497 e. The summed E-state index contributed by atoms with van der Waals surface area (Å²) < 4.78 is 5.19. The number of benzene rings is 1. The number of nitrogens with zero attached hydrogens (tertiary/aromatic N) is 3. The monoisotopic (exact) mass is 370 g/mol. The molecule has 0 saturated carbocycles. The Balaban J connectivity index is 1.76. The lowest BCUT2D eigenvalue weighted by atomic mass is 10.1. The van der Waals surface area contributed by atoms with Crippen molar-refractivity contribution in [3.05, 3.63) is 40.9 Å². The summed E-state index contributed by atoms with van der Waals surface area (Å²) in [4.78, 5) is 20.7. The third-order valence-electron chi connectivity index (χ3n) is 3.31. The van der Waals surface area contributed by atoms with Crippen LogP contribution in [0.1, 0.15) is 11.3 Å². The van der Waals surface area contributed by atoms with Gasteiger partial charge in [0.25, 0.3) is 0 Å². The van der Waals surface area contributed by atoms with Crippen LogP contribution in [0.15, 0.2) is 34.7 Å². The Kier molecular flexibility index (Phi) is 5.16. The van der Waals surface area contributed by atoms with Crippen LogP contribution in [0.4, 0.5) is 5.13 Å². The SMILES string of the molecule is COc1ccc2nc(SCC(=O)Nc3nc(C)cs3)c(C#N)cc2c1. The summed E-state index contributed by atoms with van der Waals surface area (Å²) in [5.41, 5.74) is 2.05. The van der Waals surface area contributed by atoms with Crippen LogP contribution in [0.3, 0.4) is 0 Å². The van der Waals surface area contributed by atoms with Crippen molar-refractivity contribution in [1.82, 2.24) is 9.97 Å². The van der Waals surface area contributed by atoms with Gasteiger partial charge in [-0.1, -0.05) is 11.8 Å². The Morgan fingerprint density at radius 3 is 2.92 bits per heavy atom. The molecule has 0 spiro atoms. The fraction of sp³-hybridized carbons (Fsp3) is 0.176. The fourth-order valence-corrected chi connectivity index (χ4v) is 3.62. The second kappa shape index (κ2) is 7.51. The number of aromatic nitrogens is 2. The first-order chi connectivity index (χ1) is 12.1. The van der Waals surface area contributed by atoms with Crippen LogP contribution in [0.2, 0.25) is 0 Å². The smallest absolute Gasteiger partial charge is 0.236 e. The molecule has 0 radical (unpaired) electrons. The van der Waals surface area contributed by atoms with Crippen molar-refractivity contribution in [2.75, 3.05) is 18.2 Å². The molecule has 0 bridgehead atoms. The highest BCUT2D eigenvalue weighted by molar-refractivity contribution is 8.00. The van der Waals surface area contributed by atoms with Gasteiger partial charge in [-0.3, -0.25) is 4.79 Å². The number of hydrogen-bond donors (Lipinski definition) is 1. The molecule has 3 aromatic rings. The van der Waals surface area contributed by atoms with Crippen LogP contribution in [0, 0.1) is 18.3 Å². The topological polar surface area (TPSA) is 87.9 Å². The Bertz CT molecular complexity index is 978. The number of amides is 1. The number of thiazole rings is 1. The summed E-state index contributed by atoms with van der Waals surface area (Å²) in [5.74, 6) is 0.679. The number of fused-ring (bicyclic) bond motifs is 1. The summed E-state index contributed by atoms with van der Waals surface area (Å²) in [6.07, 6.45) is 0. The lowest BCUT2D eigenvalue weighted by molar-refractivity contribution is -0.113. The van der Waals surface area contributed by atoms with E-state index in [-0.39, 0.29) is 11.7 Å². The van der Waals surface area contributed by atoms with E-state index in [9.17, 15) is 10.1 Å². The summed E-state index contributed by atoms with van der Waals surface area (Å²) in [6, 6.07) is 9.37. The maximum absolute atomic E-state index is 12.0. The number of ether oxygens (including phenoxy) is 1. The van der Waals surface area contributed by atoms with Gasteiger partial charge in [0.05, 0.1) is 29.6 Å². The quantitative estimate of drug-likeness (QED) is 0.690. The number of carbonyl (C=O) groups excluding carboxylic acids is 1. The van der Waals surface area contributed by atoms with E-state index in [0.717, 1.165) is 16.6 Å². The van der Waals surface area contributed by atoms with Gasteiger partial charge in [-0.05, 0) is 31.2 Å². The number of carbonyl (C=O) groups is 1. The number of nitriles is 1. The second-order valence-electron chi connectivity index (χ2n) is 5.14. The number of pyridine rings is 1. The van der Waals surface area contributed by atoms with Crippen LogP contribution in [-0.2, 0) is 4.79 Å². The van der Waals surface area contributed by atoms with Gasteiger partial charge in [0.1, 0.15) is 16.8 Å². The molecular formula is C17H14N4O2S2. The first-order valence-corrected chi connectivity index (χ1v) is 9.19. The molecule has 0 unspecified atom stereocenters. The van der Waals surface area contributed by atoms with E-state index < -0.39 is 0 Å². The highest BCUT2D eigenvalue weighted by Gasteiger charge is 2.12. The number of rotatable bonds is 5. The van der Waals surface area contributed by atoms with Crippen molar-refractivity contribution in [3.63, 3.8) is 0 Å². The molecule has 0 atom stereocenters. The third kappa shape index (κ3) is 4.07. The minimum atomic E-state index is -0.181. The number of hydrogen-bond acceptors (Lipinski definition) is 7. The molecule has 126 valence electrons. The zero-order valence-corrected chi connectivity index (χ0v) is 15.2. The average Bonchev–Trinajstić information content (AvgIpc) is 3.03. The molecule has 1 N–H and O–H groups in total. The third-order valence-corrected chi connectivity index (χ3v) is 5.18. The van der Waals surface area contributed by atoms with Crippen LogP contribution in [0.25, 0.3) is 10.9 Å². The highest BCUT2D eigenvalue weighted by Crippen LogP contribution is 2.27. The van der Waals surface area contributed by atoms with Crippen molar-refractivity contribution in [2.24, 2.45) is 0 Å². The summed E-state index contributed by atoms with van der Waals surface area (Å²) in [6.45, 7) is 1.87. The molecule has 8 heteroatoms. The Morgan fingerprint density at radius 2 is 2.24 bits per heavy atom. The lowest BCUT2D eigenvalue weighted by Gasteiger charge is -2.07. The van der Waals surface area contributed by atoms with Crippen molar-refractivity contribution in [1.29, 1.82) is 5.26 Å². The van der Waals surface area contributed by atoms with E-state index in [1.54, 1.807) is 13.2 Å². The van der Waals surface area contributed by atoms with Crippen molar-refractivity contribution in [2.45, 2.75) is 11.9 Å². The van der Waals surface area contributed by atoms with Gasteiger partial charge < -0.3 is 10.1 Å². The van der Waals surface area contributed by atoms with E-state index in [1.807, 2.05) is 30.5 Å². The Hall–Kier alpha value is -2.63. The molecule has 6 nitrogen and oxygen atoms in total. The summed E-state index contributed by atoms with van der Waals surface area (Å²) >= 11 is 2.61. The standard InChI is InChI=1S/C17H14N4O2S2/c1-10-8-25-17(19-10)21-15(22)9-24-16-12(7-18)5-11-6-13(23-2)3-4-14(11)20-16/h3-6,8H,9H2,1-2H3,(H,19,21,22). The van der Waals surface area contributed by atoms with Crippen LogP contribution in [0.5, 0.6) is 5.75 Å². The molecule has 0 aliphatic carbocycles. The maximum atomic E-state index is 12.0. The van der Waals surface area contributed by atoms with Gasteiger partial charge in [0.15, 0.2) is 5.13 Å². The molecule has 0 aliphatic heterocycles. The van der Waals surface area contributed by atoms with Gasteiger partial charge in [-0.2, -0.15) is 5.26 Å². The highest BCUT2D eigenvalue weighted by atomic mass is 32.2. The average molecular weight is 370 g/mol. The van der Waals surface area contributed by atoms with Crippen molar-refractivity contribution >= 4 is 45.0 Å². The van der Waals surface area contributed by atoms with Gasteiger partial charge in [-0.15, -0.1) is 11.3 Å². The molecule has 0 saturated heterocycles. The summed E-state index contributed by atoms with van der Waals surface area (Å²) in [7, 11) is 1.59. The van der Waals surface area contributed by atoms with E-state index in [1.165, 1.54) is 23.1 Å².